The summed E-state index contributed by atoms with van der Waals surface area (Å²) in [6.07, 6.45) is 6.60. The SMILES string of the molecule is Cc1ccc(C=Cc2ccc(N(c3ccccc3)c3ccc(C=C(c4ccccc4)c4ccccc4)cc3)cc2)cc1. The number of rotatable bonds is 8. The Hall–Kier alpha value is -5.40. The van der Waals surface area contributed by atoms with Crippen molar-refractivity contribution in [2.24, 2.45) is 0 Å². The fourth-order valence-electron chi connectivity index (χ4n) is 5.08. The lowest BCUT2D eigenvalue weighted by Gasteiger charge is -2.25. The summed E-state index contributed by atoms with van der Waals surface area (Å²) < 4.78 is 0. The molecule has 0 aliphatic rings. The fourth-order valence-corrected chi connectivity index (χ4v) is 5.08. The first kappa shape index (κ1) is 26.8. The number of aryl methyl sites for hydroxylation is 1. The molecule has 0 aliphatic heterocycles. The van der Waals surface area contributed by atoms with Gasteiger partial charge in [-0.15, -0.1) is 0 Å². The second-order valence-corrected chi connectivity index (χ2v) is 10.4. The first-order chi connectivity index (χ1) is 20.7. The lowest BCUT2D eigenvalue weighted by Crippen LogP contribution is -2.09. The van der Waals surface area contributed by atoms with E-state index in [0.717, 1.165) is 22.6 Å². The zero-order valence-corrected chi connectivity index (χ0v) is 23.8. The highest BCUT2D eigenvalue weighted by Crippen LogP contribution is 2.35. The average Bonchev–Trinajstić information content (AvgIpc) is 3.06. The molecule has 0 N–H and O–H groups in total. The van der Waals surface area contributed by atoms with Crippen molar-refractivity contribution in [3.05, 3.63) is 197 Å². The number of nitrogens with zero attached hydrogens (tertiary/aromatic N) is 1. The van der Waals surface area contributed by atoms with Crippen molar-refractivity contribution in [2.75, 3.05) is 4.90 Å². The van der Waals surface area contributed by atoms with Gasteiger partial charge in [0, 0.05) is 17.1 Å². The summed E-state index contributed by atoms with van der Waals surface area (Å²) >= 11 is 0. The molecule has 0 atom stereocenters. The van der Waals surface area contributed by atoms with Gasteiger partial charge in [0.05, 0.1) is 0 Å². The lowest BCUT2D eigenvalue weighted by molar-refractivity contribution is 1.28. The fraction of sp³-hybridized carbons (Fsp3) is 0.0244. The molecule has 202 valence electrons. The van der Waals surface area contributed by atoms with Crippen LogP contribution in [0.1, 0.15) is 33.4 Å². The molecule has 0 bridgehead atoms. The Morgan fingerprint density at radius 1 is 0.405 bits per heavy atom. The third-order valence-corrected chi connectivity index (χ3v) is 7.34. The third-order valence-electron chi connectivity index (χ3n) is 7.34. The maximum Gasteiger partial charge on any atom is 0.0462 e. The Labute approximate surface area is 249 Å². The van der Waals surface area contributed by atoms with E-state index in [-0.39, 0.29) is 0 Å². The van der Waals surface area contributed by atoms with Crippen molar-refractivity contribution in [3.63, 3.8) is 0 Å². The number of hydrogen-bond acceptors (Lipinski definition) is 1. The first-order valence-electron chi connectivity index (χ1n) is 14.4. The second kappa shape index (κ2) is 12.8. The number of anilines is 3. The highest BCUT2D eigenvalue weighted by molar-refractivity contribution is 5.91. The van der Waals surface area contributed by atoms with Crippen LogP contribution >= 0.6 is 0 Å². The largest absolute Gasteiger partial charge is 0.311 e. The lowest BCUT2D eigenvalue weighted by atomic mass is 9.95. The van der Waals surface area contributed by atoms with Crippen molar-refractivity contribution in [1.82, 2.24) is 0 Å². The smallest absolute Gasteiger partial charge is 0.0462 e. The Morgan fingerprint density at radius 2 is 0.786 bits per heavy atom. The molecule has 0 unspecified atom stereocenters. The molecular weight excluding hydrogens is 506 g/mol. The molecule has 0 amide bonds. The molecule has 0 saturated carbocycles. The second-order valence-electron chi connectivity index (χ2n) is 10.4. The van der Waals surface area contributed by atoms with Crippen LogP contribution in [0.15, 0.2) is 164 Å². The molecular formula is C41H33N. The molecule has 6 aromatic carbocycles. The highest BCUT2D eigenvalue weighted by atomic mass is 15.1. The van der Waals surface area contributed by atoms with Gasteiger partial charge >= 0.3 is 0 Å². The minimum absolute atomic E-state index is 1.11. The maximum absolute atomic E-state index is 2.30. The molecule has 0 saturated heterocycles. The number of para-hydroxylation sites is 1. The summed E-state index contributed by atoms with van der Waals surface area (Å²) in [6, 6.07) is 57.9. The molecule has 6 rings (SSSR count). The van der Waals surface area contributed by atoms with E-state index < -0.39 is 0 Å². The molecule has 0 aromatic heterocycles. The summed E-state index contributed by atoms with van der Waals surface area (Å²) in [5, 5.41) is 0. The van der Waals surface area contributed by atoms with Crippen LogP contribution < -0.4 is 4.90 Å². The van der Waals surface area contributed by atoms with Gasteiger partial charge in [-0.2, -0.15) is 0 Å². The predicted octanol–water partition coefficient (Wildman–Crippen LogP) is 11.2. The Kier molecular flexibility index (Phi) is 8.20. The molecule has 0 heterocycles. The van der Waals surface area contributed by atoms with E-state index >= 15 is 0 Å². The van der Waals surface area contributed by atoms with Crippen molar-refractivity contribution >= 4 is 40.9 Å². The molecule has 42 heavy (non-hydrogen) atoms. The number of benzene rings is 6. The van der Waals surface area contributed by atoms with E-state index in [4.69, 9.17) is 0 Å². The topological polar surface area (TPSA) is 3.24 Å². The van der Waals surface area contributed by atoms with Crippen LogP contribution in [0.2, 0.25) is 0 Å². The number of hydrogen-bond donors (Lipinski definition) is 0. The van der Waals surface area contributed by atoms with Crippen molar-refractivity contribution in [2.45, 2.75) is 6.92 Å². The standard InChI is InChI=1S/C41H33N/c1-32-17-19-33(20-18-32)21-22-34-23-27-39(28-24-34)42(38-15-9-4-10-16-38)40-29-25-35(26-30-40)31-41(36-11-5-2-6-12-36)37-13-7-3-8-14-37/h2-31H,1H3. The summed E-state index contributed by atoms with van der Waals surface area (Å²) in [5.41, 5.74) is 11.8. The highest BCUT2D eigenvalue weighted by Gasteiger charge is 2.12. The van der Waals surface area contributed by atoms with Crippen LogP contribution in [0.5, 0.6) is 0 Å². The Morgan fingerprint density at radius 3 is 1.26 bits per heavy atom. The Balaban J connectivity index is 1.31. The van der Waals surface area contributed by atoms with Gasteiger partial charge in [0.15, 0.2) is 0 Å². The van der Waals surface area contributed by atoms with E-state index in [1.165, 1.54) is 33.4 Å². The van der Waals surface area contributed by atoms with Crippen molar-refractivity contribution in [3.8, 4) is 0 Å². The summed E-state index contributed by atoms with van der Waals surface area (Å²) in [5.74, 6) is 0. The van der Waals surface area contributed by atoms with Crippen LogP contribution in [0.4, 0.5) is 17.1 Å². The molecule has 1 nitrogen and oxygen atoms in total. The average molecular weight is 540 g/mol. The minimum Gasteiger partial charge on any atom is -0.311 e. The monoisotopic (exact) mass is 539 g/mol. The van der Waals surface area contributed by atoms with Gasteiger partial charge in [-0.3, -0.25) is 0 Å². The predicted molar refractivity (Wildman–Crippen MR) is 181 cm³/mol. The van der Waals surface area contributed by atoms with Crippen LogP contribution in [-0.2, 0) is 0 Å². The van der Waals surface area contributed by atoms with Gasteiger partial charge in [0.2, 0.25) is 0 Å². The van der Waals surface area contributed by atoms with Crippen LogP contribution in [0, 0.1) is 6.92 Å². The van der Waals surface area contributed by atoms with Gasteiger partial charge in [0.25, 0.3) is 0 Å². The quantitative estimate of drug-likeness (QED) is 0.174. The van der Waals surface area contributed by atoms with Gasteiger partial charge in [-0.1, -0.05) is 145 Å². The summed E-state index contributed by atoms with van der Waals surface area (Å²) in [4.78, 5) is 2.30. The maximum atomic E-state index is 2.30. The molecule has 1 heteroatoms. The normalized spacial score (nSPS) is 10.9. The zero-order chi connectivity index (χ0) is 28.6. The first-order valence-corrected chi connectivity index (χ1v) is 14.4. The van der Waals surface area contributed by atoms with Gasteiger partial charge in [-0.25, -0.2) is 0 Å². The van der Waals surface area contributed by atoms with Crippen LogP contribution in [-0.4, -0.2) is 0 Å². The van der Waals surface area contributed by atoms with E-state index in [2.05, 4.69) is 194 Å². The van der Waals surface area contributed by atoms with Crippen molar-refractivity contribution < 1.29 is 0 Å². The van der Waals surface area contributed by atoms with Crippen LogP contribution in [0.3, 0.4) is 0 Å². The molecule has 0 fully saturated rings. The van der Waals surface area contributed by atoms with E-state index in [1.807, 2.05) is 0 Å². The van der Waals surface area contributed by atoms with Crippen LogP contribution in [0.25, 0.3) is 23.8 Å². The van der Waals surface area contributed by atoms with Crippen molar-refractivity contribution in [1.29, 1.82) is 0 Å². The zero-order valence-electron chi connectivity index (χ0n) is 23.8. The van der Waals surface area contributed by atoms with E-state index in [1.54, 1.807) is 0 Å². The third kappa shape index (κ3) is 6.49. The molecule has 6 aromatic rings. The molecule has 0 radical (unpaired) electrons. The summed E-state index contributed by atoms with van der Waals surface area (Å²) in [6.45, 7) is 2.11. The van der Waals surface area contributed by atoms with E-state index in [9.17, 15) is 0 Å². The Bertz CT molecular complexity index is 1720. The van der Waals surface area contributed by atoms with E-state index in [0.29, 0.717) is 0 Å². The molecule has 0 aliphatic carbocycles. The van der Waals surface area contributed by atoms with Gasteiger partial charge in [0.1, 0.15) is 0 Å². The minimum atomic E-state index is 1.11. The molecule has 0 spiro atoms. The van der Waals surface area contributed by atoms with Gasteiger partial charge in [-0.05, 0) is 82.8 Å². The van der Waals surface area contributed by atoms with Gasteiger partial charge < -0.3 is 4.90 Å². The summed E-state index contributed by atoms with van der Waals surface area (Å²) in [7, 11) is 0.